The fourth-order valence-electron chi connectivity index (χ4n) is 3.93. The van der Waals surface area contributed by atoms with Gasteiger partial charge in [0.2, 0.25) is 0 Å². The zero-order valence-electron chi connectivity index (χ0n) is 19.1. The Morgan fingerprint density at radius 2 is 1.94 bits per heavy atom. The molecule has 2 aromatic carbocycles. The second-order valence-electron chi connectivity index (χ2n) is 9.31. The van der Waals surface area contributed by atoms with Crippen molar-refractivity contribution in [2.45, 2.75) is 39.3 Å². The summed E-state index contributed by atoms with van der Waals surface area (Å²) in [6, 6.07) is 10.1. The van der Waals surface area contributed by atoms with E-state index < -0.39 is 11.7 Å². The van der Waals surface area contributed by atoms with Crippen molar-refractivity contribution in [3.63, 3.8) is 0 Å². The van der Waals surface area contributed by atoms with Gasteiger partial charge in [0.05, 0.1) is 11.6 Å². The molecule has 0 spiro atoms. The first-order valence-electron chi connectivity index (χ1n) is 10.8. The molecule has 1 aromatic heterocycles. The van der Waals surface area contributed by atoms with E-state index in [2.05, 4.69) is 10.3 Å². The van der Waals surface area contributed by atoms with Crippen molar-refractivity contribution < 1.29 is 18.7 Å². The van der Waals surface area contributed by atoms with Crippen molar-refractivity contribution in [2.75, 3.05) is 18.8 Å². The zero-order chi connectivity index (χ0) is 23.9. The van der Waals surface area contributed by atoms with Crippen LogP contribution in [0, 0.1) is 12.7 Å². The number of ether oxygens (including phenoxy) is 1. The fraction of sp³-hybridized carbons (Fsp3) is 0.320. The highest BCUT2D eigenvalue weighted by Gasteiger charge is 2.35. The zero-order valence-corrected chi connectivity index (χ0v) is 19.1. The van der Waals surface area contributed by atoms with Gasteiger partial charge in [-0.05, 0) is 56.3 Å². The van der Waals surface area contributed by atoms with Crippen LogP contribution in [-0.4, -0.2) is 46.6 Å². The summed E-state index contributed by atoms with van der Waals surface area (Å²) < 4.78 is 19.8. The van der Waals surface area contributed by atoms with Gasteiger partial charge in [0.25, 0.3) is 5.91 Å². The number of rotatable bonds is 3. The molecule has 172 valence electrons. The first-order valence-corrected chi connectivity index (χ1v) is 10.8. The van der Waals surface area contributed by atoms with Gasteiger partial charge in [0.1, 0.15) is 17.2 Å². The lowest BCUT2D eigenvalue weighted by Gasteiger charge is -2.40. The second-order valence-corrected chi connectivity index (χ2v) is 9.31. The predicted octanol–water partition coefficient (Wildman–Crippen LogP) is 4.28. The molecule has 1 aliphatic rings. The highest BCUT2D eigenvalue weighted by atomic mass is 19.1. The van der Waals surface area contributed by atoms with E-state index in [0.717, 1.165) is 5.56 Å². The standard InChI is InChI=1S/C25H27FN4O3/c1-14-6-5-7-19(26)20(14)15-8-9-18-16(10-15)11-28-22(27)21(18)23(31)29-17-12-30(13-17)24(32)33-25(2,3)4/h5-11,17H,12-13H2,1-4H3,(H2,27,28)(H,29,31). The molecule has 2 amide bonds. The number of nitrogens with zero attached hydrogens (tertiary/aromatic N) is 2. The van der Waals surface area contributed by atoms with E-state index in [1.165, 1.54) is 11.0 Å². The number of nitrogen functional groups attached to an aromatic ring is 1. The van der Waals surface area contributed by atoms with Crippen LogP contribution in [0.5, 0.6) is 0 Å². The average molecular weight is 451 g/mol. The SMILES string of the molecule is Cc1cccc(F)c1-c1ccc2c(C(=O)NC3CN(C(=O)OC(C)(C)C)C3)c(N)ncc2c1. The molecular weight excluding hydrogens is 423 g/mol. The lowest BCUT2D eigenvalue weighted by atomic mass is 9.96. The first kappa shape index (κ1) is 22.5. The smallest absolute Gasteiger partial charge is 0.410 e. The summed E-state index contributed by atoms with van der Waals surface area (Å²) in [5.74, 6) is -0.567. The van der Waals surface area contributed by atoms with E-state index in [4.69, 9.17) is 10.5 Å². The Bertz CT molecular complexity index is 1230. The van der Waals surface area contributed by atoms with Crippen molar-refractivity contribution >= 4 is 28.6 Å². The van der Waals surface area contributed by atoms with Crippen LogP contribution in [0.3, 0.4) is 0 Å². The summed E-state index contributed by atoms with van der Waals surface area (Å²) in [5, 5.41) is 4.21. The molecule has 4 rings (SSSR count). The average Bonchev–Trinajstić information content (AvgIpc) is 2.68. The number of anilines is 1. The van der Waals surface area contributed by atoms with E-state index >= 15 is 0 Å². The molecule has 0 unspecified atom stereocenters. The van der Waals surface area contributed by atoms with Crippen LogP contribution in [0.25, 0.3) is 21.9 Å². The minimum atomic E-state index is -0.575. The van der Waals surface area contributed by atoms with Gasteiger partial charge in [0, 0.05) is 30.2 Å². The number of nitrogens with one attached hydrogen (secondary N) is 1. The van der Waals surface area contributed by atoms with Crippen LogP contribution in [0.2, 0.25) is 0 Å². The molecule has 3 N–H and O–H groups in total. The van der Waals surface area contributed by atoms with Crippen LogP contribution in [0.1, 0.15) is 36.7 Å². The van der Waals surface area contributed by atoms with Gasteiger partial charge in [-0.15, -0.1) is 0 Å². The van der Waals surface area contributed by atoms with Gasteiger partial charge in [-0.3, -0.25) is 4.79 Å². The van der Waals surface area contributed by atoms with Crippen LogP contribution in [0.4, 0.5) is 15.0 Å². The summed E-state index contributed by atoms with van der Waals surface area (Å²) in [7, 11) is 0. The molecule has 0 bridgehead atoms. The molecule has 0 radical (unpaired) electrons. The number of nitrogens with two attached hydrogens (primary N) is 1. The molecular formula is C25H27FN4O3. The second kappa shape index (κ2) is 8.35. The predicted molar refractivity (Wildman–Crippen MR) is 125 cm³/mol. The number of carbonyl (C=O) groups excluding carboxylic acids is 2. The number of aromatic nitrogens is 1. The Balaban J connectivity index is 1.54. The first-order chi connectivity index (χ1) is 15.5. The summed E-state index contributed by atoms with van der Waals surface area (Å²) in [6.45, 7) is 7.98. The topological polar surface area (TPSA) is 97.5 Å². The van der Waals surface area contributed by atoms with E-state index in [1.807, 2.05) is 13.0 Å². The number of benzene rings is 2. The quantitative estimate of drug-likeness (QED) is 0.621. The number of amides is 2. The van der Waals surface area contributed by atoms with Gasteiger partial charge >= 0.3 is 6.09 Å². The van der Waals surface area contributed by atoms with Gasteiger partial charge in [-0.25, -0.2) is 14.2 Å². The normalized spacial score (nSPS) is 14.2. The van der Waals surface area contributed by atoms with Crippen LogP contribution >= 0.6 is 0 Å². The number of aryl methyl sites for hydroxylation is 1. The highest BCUT2D eigenvalue weighted by Crippen LogP contribution is 2.31. The number of fused-ring (bicyclic) bond motifs is 1. The molecule has 33 heavy (non-hydrogen) atoms. The lowest BCUT2D eigenvalue weighted by Crippen LogP contribution is -2.61. The van der Waals surface area contributed by atoms with Crippen LogP contribution in [0.15, 0.2) is 42.6 Å². The molecule has 1 aliphatic heterocycles. The molecule has 1 fully saturated rings. The maximum absolute atomic E-state index is 14.4. The van der Waals surface area contributed by atoms with Crippen LogP contribution < -0.4 is 11.1 Å². The molecule has 7 nitrogen and oxygen atoms in total. The molecule has 0 aliphatic carbocycles. The van der Waals surface area contributed by atoms with E-state index in [-0.39, 0.29) is 29.1 Å². The Kier molecular flexibility index (Phi) is 5.69. The number of halogens is 1. The van der Waals surface area contributed by atoms with Gasteiger partial charge < -0.3 is 20.7 Å². The monoisotopic (exact) mass is 450 g/mol. The number of likely N-dealkylation sites (tertiary alicyclic amines) is 1. The number of hydrogen-bond donors (Lipinski definition) is 2. The molecule has 0 saturated carbocycles. The molecule has 1 saturated heterocycles. The highest BCUT2D eigenvalue weighted by molar-refractivity contribution is 6.11. The van der Waals surface area contributed by atoms with Crippen molar-refractivity contribution in [3.05, 3.63) is 59.5 Å². The van der Waals surface area contributed by atoms with E-state index in [1.54, 1.807) is 51.2 Å². The maximum Gasteiger partial charge on any atom is 0.410 e. The Morgan fingerprint density at radius 3 is 2.61 bits per heavy atom. The summed E-state index contributed by atoms with van der Waals surface area (Å²) >= 11 is 0. The van der Waals surface area contributed by atoms with E-state index in [9.17, 15) is 14.0 Å². The number of carbonyl (C=O) groups is 2. The molecule has 0 atom stereocenters. The fourth-order valence-corrected chi connectivity index (χ4v) is 3.93. The largest absolute Gasteiger partial charge is 0.444 e. The third-order valence-electron chi connectivity index (χ3n) is 5.53. The van der Waals surface area contributed by atoms with Crippen LogP contribution in [-0.2, 0) is 4.74 Å². The number of pyridine rings is 1. The Hall–Kier alpha value is -3.68. The molecule has 8 heteroatoms. The maximum atomic E-state index is 14.4. The Labute approximate surface area is 191 Å². The summed E-state index contributed by atoms with van der Waals surface area (Å²) in [6.07, 6.45) is 1.17. The van der Waals surface area contributed by atoms with Gasteiger partial charge in [-0.1, -0.05) is 24.3 Å². The molecule has 2 heterocycles. The van der Waals surface area contributed by atoms with E-state index in [0.29, 0.717) is 35.0 Å². The number of hydrogen-bond acceptors (Lipinski definition) is 5. The van der Waals surface area contributed by atoms with Gasteiger partial charge in [-0.2, -0.15) is 0 Å². The third kappa shape index (κ3) is 4.60. The van der Waals surface area contributed by atoms with Gasteiger partial charge in [0.15, 0.2) is 0 Å². The summed E-state index contributed by atoms with van der Waals surface area (Å²) in [5.41, 5.74) is 7.76. The minimum absolute atomic E-state index is 0.109. The van der Waals surface area contributed by atoms with Crippen molar-refractivity contribution in [3.8, 4) is 11.1 Å². The third-order valence-corrected chi connectivity index (χ3v) is 5.53. The van der Waals surface area contributed by atoms with Crippen molar-refractivity contribution in [1.82, 2.24) is 15.2 Å². The minimum Gasteiger partial charge on any atom is -0.444 e. The summed E-state index contributed by atoms with van der Waals surface area (Å²) in [4.78, 5) is 30.8. The lowest BCUT2D eigenvalue weighted by molar-refractivity contribution is 0.00534. The van der Waals surface area contributed by atoms with Crippen molar-refractivity contribution in [1.29, 1.82) is 0 Å². The Morgan fingerprint density at radius 1 is 1.21 bits per heavy atom. The van der Waals surface area contributed by atoms with Crippen molar-refractivity contribution in [2.24, 2.45) is 0 Å². The molecule has 3 aromatic rings.